The Morgan fingerprint density at radius 2 is 1.53 bits per heavy atom. The number of hydrogen-bond acceptors (Lipinski definition) is 3. The van der Waals surface area contributed by atoms with E-state index in [2.05, 4.69) is 4.90 Å². The van der Waals surface area contributed by atoms with Crippen molar-refractivity contribution >= 4 is 11.8 Å². The van der Waals surface area contributed by atoms with Gasteiger partial charge in [0.25, 0.3) is 5.91 Å². The molecule has 0 saturated carbocycles. The standard InChI is InChI=1S/C22H22F3N3O2/c23-16-6-17(24)21(18(25)7-16)22(30)28-11-14-9-27(10-15(14)12-28)19(8-20(26)29)13-4-2-1-3-5-13/h1-7,14-15,19H,8-12H2,(H2,26,29)/t14?,15?,19-/m0/s1. The highest BCUT2D eigenvalue weighted by Gasteiger charge is 2.44. The predicted octanol–water partition coefficient (Wildman–Crippen LogP) is 2.72. The molecular formula is C22H22F3N3O2. The summed E-state index contributed by atoms with van der Waals surface area (Å²) in [6.07, 6.45) is 0.193. The molecule has 2 fully saturated rings. The van der Waals surface area contributed by atoms with E-state index >= 15 is 0 Å². The van der Waals surface area contributed by atoms with Gasteiger partial charge in [0.05, 0.1) is 0 Å². The number of carbonyl (C=O) groups is 2. The summed E-state index contributed by atoms with van der Waals surface area (Å²) in [5.74, 6) is -4.35. The second-order valence-electron chi connectivity index (χ2n) is 8.03. The zero-order valence-corrected chi connectivity index (χ0v) is 16.2. The first-order chi connectivity index (χ1) is 14.3. The van der Waals surface area contributed by atoms with Crippen molar-refractivity contribution in [3.63, 3.8) is 0 Å². The number of amides is 2. The molecule has 0 spiro atoms. The van der Waals surface area contributed by atoms with Gasteiger partial charge in [-0.1, -0.05) is 30.3 Å². The van der Waals surface area contributed by atoms with Crippen LogP contribution in [0.5, 0.6) is 0 Å². The maximum Gasteiger partial charge on any atom is 0.259 e. The Morgan fingerprint density at radius 1 is 0.967 bits per heavy atom. The van der Waals surface area contributed by atoms with Crippen LogP contribution in [0.25, 0.3) is 0 Å². The van der Waals surface area contributed by atoms with E-state index < -0.39 is 28.9 Å². The Labute approximate surface area is 172 Å². The summed E-state index contributed by atoms with van der Waals surface area (Å²) in [7, 11) is 0. The molecule has 0 aromatic heterocycles. The lowest BCUT2D eigenvalue weighted by molar-refractivity contribution is -0.119. The number of nitrogens with zero attached hydrogens (tertiary/aromatic N) is 2. The zero-order chi connectivity index (χ0) is 21.4. The third kappa shape index (κ3) is 3.92. The SMILES string of the molecule is NC(=O)C[C@@H](c1ccccc1)N1CC2CN(C(=O)c3c(F)cc(F)cc3F)CC2C1. The van der Waals surface area contributed by atoms with Crippen LogP contribution in [-0.4, -0.2) is 47.8 Å². The van der Waals surface area contributed by atoms with Gasteiger partial charge in [-0.25, -0.2) is 13.2 Å². The van der Waals surface area contributed by atoms with Crippen molar-refractivity contribution in [2.45, 2.75) is 12.5 Å². The normalized spacial score (nSPS) is 22.2. The highest BCUT2D eigenvalue weighted by atomic mass is 19.1. The molecule has 2 aliphatic rings. The van der Waals surface area contributed by atoms with Gasteiger partial charge < -0.3 is 10.6 Å². The predicted molar refractivity (Wildman–Crippen MR) is 104 cm³/mol. The maximum atomic E-state index is 14.0. The van der Waals surface area contributed by atoms with E-state index in [0.29, 0.717) is 38.3 Å². The maximum absolute atomic E-state index is 14.0. The lowest BCUT2D eigenvalue weighted by Crippen LogP contribution is -2.36. The summed E-state index contributed by atoms with van der Waals surface area (Å²) < 4.78 is 41.1. The van der Waals surface area contributed by atoms with Gasteiger partial charge in [0.1, 0.15) is 23.0 Å². The third-order valence-corrected chi connectivity index (χ3v) is 6.04. The molecule has 0 bridgehead atoms. The lowest BCUT2D eigenvalue weighted by Gasteiger charge is -2.29. The van der Waals surface area contributed by atoms with Crippen LogP contribution in [0.2, 0.25) is 0 Å². The topological polar surface area (TPSA) is 66.6 Å². The van der Waals surface area contributed by atoms with Gasteiger partial charge in [0.15, 0.2) is 0 Å². The Morgan fingerprint density at radius 3 is 2.07 bits per heavy atom. The smallest absolute Gasteiger partial charge is 0.259 e. The van der Waals surface area contributed by atoms with Gasteiger partial charge in [0, 0.05) is 50.8 Å². The summed E-state index contributed by atoms with van der Waals surface area (Å²) >= 11 is 0. The van der Waals surface area contributed by atoms with Gasteiger partial charge in [-0.05, 0) is 17.4 Å². The highest BCUT2D eigenvalue weighted by molar-refractivity contribution is 5.95. The second kappa shape index (κ2) is 8.10. The van der Waals surface area contributed by atoms with E-state index in [1.54, 1.807) is 0 Å². The van der Waals surface area contributed by atoms with Crippen LogP contribution in [0.3, 0.4) is 0 Å². The number of primary amides is 1. The molecule has 2 N–H and O–H groups in total. The Hall–Kier alpha value is -2.87. The summed E-state index contributed by atoms with van der Waals surface area (Å²) in [5, 5.41) is 0. The number of likely N-dealkylation sites (tertiary alicyclic amines) is 2. The van der Waals surface area contributed by atoms with Crippen molar-refractivity contribution in [1.82, 2.24) is 9.80 Å². The summed E-state index contributed by atoms with van der Waals surface area (Å²) in [6, 6.07) is 10.5. The van der Waals surface area contributed by atoms with Crippen molar-refractivity contribution in [1.29, 1.82) is 0 Å². The van der Waals surface area contributed by atoms with E-state index in [1.165, 1.54) is 4.90 Å². The minimum absolute atomic E-state index is 0.125. The van der Waals surface area contributed by atoms with Gasteiger partial charge in [-0.15, -0.1) is 0 Å². The van der Waals surface area contributed by atoms with Crippen molar-refractivity contribution in [3.05, 3.63) is 71.0 Å². The van der Waals surface area contributed by atoms with Crippen LogP contribution in [0.15, 0.2) is 42.5 Å². The second-order valence-corrected chi connectivity index (χ2v) is 8.03. The number of benzene rings is 2. The zero-order valence-electron chi connectivity index (χ0n) is 16.2. The van der Waals surface area contributed by atoms with E-state index in [0.717, 1.165) is 5.56 Å². The van der Waals surface area contributed by atoms with Crippen molar-refractivity contribution in [2.24, 2.45) is 17.6 Å². The van der Waals surface area contributed by atoms with E-state index in [1.807, 2.05) is 30.3 Å². The molecule has 8 heteroatoms. The number of halogens is 3. The lowest BCUT2D eigenvalue weighted by atomic mass is 10.0. The van der Waals surface area contributed by atoms with E-state index in [9.17, 15) is 22.8 Å². The Bertz CT molecular complexity index is 932. The summed E-state index contributed by atoms with van der Waals surface area (Å²) in [4.78, 5) is 27.9. The molecule has 4 rings (SSSR count). The molecule has 2 unspecified atom stereocenters. The van der Waals surface area contributed by atoms with Gasteiger partial charge >= 0.3 is 0 Å². The van der Waals surface area contributed by atoms with Crippen molar-refractivity contribution in [3.8, 4) is 0 Å². The summed E-state index contributed by atoms with van der Waals surface area (Å²) in [5.41, 5.74) is 5.74. The molecule has 5 nitrogen and oxygen atoms in total. The van der Waals surface area contributed by atoms with E-state index in [4.69, 9.17) is 5.73 Å². The minimum atomic E-state index is -1.19. The minimum Gasteiger partial charge on any atom is -0.370 e. The first-order valence-corrected chi connectivity index (χ1v) is 9.84. The van der Waals surface area contributed by atoms with E-state index in [-0.39, 0.29) is 30.2 Å². The molecule has 2 aromatic carbocycles. The fraction of sp³-hybridized carbons (Fsp3) is 0.364. The van der Waals surface area contributed by atoms with Crippen LogP contribution in [-0.2, 0) is 4.79 Å². The fourth-order valence-corrected chi connectivity index (χ4v) is 4.68. The average molecular weight is 417 g/mol. The molecule has 158 valence electrons. The van der Waals surface area contributed by atoms with Crippen LogP contribution in [0, 0.1) is 29.3 Å². The quantitative estimate of drug-likeness (QED) is 0.814. The average Bonchev–Trinajstić information content (AvgIpc) is 3.25. The largest absolute Gasteiger partial charge is 0.370 e. The number of carbonyl (C=O) groups excluding carboxylic acids is 2. The van der Waals surface area contributed by atoms with Crippen molar-refractivity contribution < 1.29 is 22.8 Å². The van der Waals surface area contributed by atoms with Crippen LogP contribution in [0.1, 0.15) is 28.4 Å². The molecule has 2 aromatic rings. The molecule has 2 saturated heterocycles. The molecule has 0 radical (unpaired) electrons. The van der Waals surface area contributed by atoms with Crippen molar-refractivity contribution in [2.75, 3.05) is 26.2 Å². The molecule has 0 aliphatic carbocycles. The molecule has 30 heavy (non-hydrogen) atoms. The van der Waals surface area contributed by atoms with Gasteiger partial charge in [0.2, 0.25) is 5.91 Å². The molecule has 3 atom stereocenters. The first-order valence-electron chi connectivity index (χ1n) is 9.84. The molecular weight excluding hydrogens is 395 g/mol. The number of fused-ring (bicyclic) bond motifs is 1. The van der Waals surface area contributed by atoms with Crippen LogP contribution in [0.4, 0.5) is 13.2 Å². The fourth-order valence-electron chi connectivity index (χ4n) is 4.68. The number of nitrogens with two attached hydrogens (primary N) is 1. The number of hydrogen-bond donors (Lipinski definition) is 1. The Kier molecular flexibility index (Phi) is 5.51. The van der Waals surface area contributed by atoms with Crippen LogP contribution < -0.4 is 5.73 Å². The highest BCUT2D eigenvalue weighted by Crippen LogP contribution is 2.37. The first kappa shape index (κ1) is 20.4. The van der Waals surface area contributed by atoms with Gasteiger partial charge in [-0.3, -0.25) is 14.5 Å². The van der Waals surface area contributed by atoms with Gasteiger partial charge in [-0.2, -0.15) is 0 Å². The molecule has 2 aliphatic heterocycles. The van der Waals surface area contributed by atoms with Crippen LogP contribution >= 0.6 is 0 Å². The monoisotopic (exact) mass is 417 g/mol. The number of rotatable bonds is 5. The summed E-state index contributed by atoms with van der Waals surface area (Å²) in [6.45, 7) is 2.01. The molecule has 2 heterocycles. The Balaban J connectivity index is 1.47. The third-order valence-electron chi connectivity index (χ3n) is 6.04. The molecule has 2 amide bonds.